The van der Waals surface area contributed by atoms with Crippen LogP contribution in [0.15, 0.2) is 23.2 Å². The fourth-order valence-electron chi connectivity index (χ4n) is 4.40. The SMILES string of the molecule is CCOC(=O)Cn1c(=NC(=O)CSCC(=O)Nc2sc3c(c2C(=O)OCC)CCCCC3)sc2cc(Cl)ccc21. The van der Waals surface area contributed by atoms with Crippen LogP contribution in [0.5, 0.6) is 0 Å². The Morgan fingerprint density at radius 1 is 1.05 bits per heavy atom. The lowest BCUT2D eigenvalue weighted by Gasteiger charge is -2.08. The molecule has 2 aromatic heterocycles. The molecule has 1 aromatic carbocycles. The third kappa shape index (κ3) is 7.54. The molecule has 2 amide bonds. The number of fused-ring (bicyclic) bond motifs is 2. The lowest BCUT2D eigenvalue weighted by atomic mass is 10.1. The summed E-state index contributed by atoms with van der Waals surface area (Å²) in [6.07, 6.45) is 4.84. The highest BCUT2D eigenvalue weighted by Gasteiger charge is 2.26. The van der Waals surface area contributed by atoms with E-state index in [0.29, 0.717) is 25.9 Å². The molecule has 9 nitrogen and oxygen atoms in total. The minimum atomic E-state index is -0.442. The lowest BCUT2D eigenvalue weighted by Crippen LogP contribution is -2.23. The number of benzene rings is 1. The molecule has 2 heterocycles. The molecule has 3 aromatic rings. The van der Waals surface area contributed by atoms with Crippen LogP contribution in [-0.4, -0.2) is 53.0 Å². The Balaban J connectivity index is 1.43. The summed E-state index contributed by atoms with van der Waals surface area (Å²) in [6.45, 7) is 3.89. The summed E-state index contributed by atoms with van der Waals surface area (Å²) in [6, 6.07) is 5.22. The number of ether oxygens (including phenoxy) is 2. The number of aryl methyl sites for hydroxylation is 1. The van der Waals surface area contributed by atoms with E-state index < -0.39 is 17.8 Å². The van der Waals surface area contributed by atoms with Gasteiger partial charge in [0.25, 0.3) is 5.91 Å². The highest BCUT2D eigenvalue weighted by Crippen LogP contribution is 2.38. The molecule has 0 spiro atoms. The van der Waals surface area contributed by atoms with Gasteiger partial charge in [0.2, 0.25) is 5.91 Å². The highest BCUT2D eigenvalue weighted by atomic mass is 35.5. The first-order chi connectivity index (χ1) is 19.3. The van der Waals surface area contributed by atoms with Crippen molar-refractivity contribution in [2.24, 2.45) is 4.99 Å². The van der Waals surface area contributed by atoms with E-state index in [2.05, 4.69) is 10.3 Å². The van der Waals surface area contributed by atoms with Gasteiger partial charge in [-0.15, -0.1) is 23.1 Å². The summed E-state index contributed by atoms with van der Waals surface area (Å²) >= 11 is 9.92. The number of carbonyl (C=O) groups is 4. The number of hydrogen-bond acceptors (Lipinski definition) is 9. The predicted octanol–water partition coefficient (Wildman–Crippen LogP) is 5.23. The van der Waals surface area contributed by atoms with Crippen molar-refractivity contribution in [3.8, 4) is 0 Å². The summed E-state index contributed by atoms with van der Waals surface area (Å²) in [5.74, 6) is -1.63. The minimum absolute atomic E-state index is 0.0109. The van der Waals surface area contributed by atoms with Gasteiger partial charge < -0.3 is 19.4 Å². The molecule has 0 aliphatic heterocycles. The van der Waals surface area contributed by atoms with Gasteiger partial charge >= 0.3 is 11.9 Å². The zero-order valence-electron chi connectivity index (χ0n) is 22.2. The standard InChI is InChI=1S/C27H30ClN3O6S3/c1-3-36-23(34)13-31-18-11-10-16(28)12-20(18)40-27(31)30-22(33)15-38-14-21(32)29-25-24(26(35)37-4-2)17-8-6-5-7-9-19(17)39-25/h10-12H,3-9,13-15H2,1-2H3,(H,29,32). The van der Waals surface area contributed by atoms with E-state index in [4.69, 9.17) is 21.1 Å². The first-order valence-corrected chi connectivity index (χ1v) is 16.2. The molecule has 0 saturated carbocycles. The van der Waals surface area contributed by atoms with E-state index >= 15 is 0 Å². The Hall–Kier alpha value is -2.67. The van der Waals surface area contributed by atoms with Crippen molar-refractivity contribution in [2.45, 2.75) is 52.5 Å². The van der Waals surface area contributed by atoms with Crippen LogP contribution >= 0.6 is 46.0 Å². The van der Waals surface area contributed by atoms with Gasteiger partial charge in [0.1, 0.15) is 11.5 Å². The van der Waals surface area contributed by atoms with Gasteiger partial charge in [0, 0.05) is 9.90 Å². The quantitative estimate of drug-likeness (QED) is 0.243. The molecule has 40 heavy (non-hydrogen) atoms. The Bertz CT molecular complexity index is 1490. The van der Waals surface area contributed by atoms with Crippen LogP contribution in [0.25, 0.3) is 10.2 Å². The van der Waals surface area contributed by atoms with Crippen LogP contribution in [0.4, 0.5) is 5.00 Å². The lowest BCUT2D eigenvalue weighted by molar-refractivity contribution is -0.143. The summed E-state index contributed by atoms with van der Waals surface area (Å²) < 4.78 is 12.8. The number of hydrogen-bond donors (Lipinski definition) is 1. The van der Waals surface area contributed by atoms with Gasteiger partial charge in [-0.3, -0.25) is 14.4 Å². The van der Waals surface area contributed by atoms with Gasteiger partial charge in [0.15, 0.2) is 4.80 Å². The number of thiazole rings is 1. The second kappa shape index (κ2) is 14.3. The number of amides is 2. The molecular formula is C27H30ClN3O6S3. The van der Waals surface area contributed by atoms with Crippen LogP contribution in [0, 0.1) is 0 Å². The number of thiophene rings is 1. The fourth-order valence-corrected chi connectivity index (χ4v) is 7.62. The number of anilines is 1. The van der Waals surface area contributed by atoms with Crippen LogP contribution in [0.1, 0.15) is 53.9 Å². The Morgan fingerprint density at radius 2 is 1.82 bits per heavy atom. The number of rotatable bonds is 10. The Kier molecular flexibility index (Phi) is 10.8. The predicted molar refractivity (Wildman–Crippen MR) is 160 cm³/mol. The second-order valence-electron chi connectivity index (χ2n) is 8.92. The molecule has 0 fully saturated rings. The molecule has 0 atom stereocenters. The fraction of sp³-hybridized carbons (Fsp3) is 0.444. The van der Waals surface area contributed by atoms with Crippen LogP contribution < -0.4 is 10.1 Å². The molecule has 214 valence electrons. The van der Waals surface area contributed by atoms with Crippen molar-refractivity contribution < 1.29 is 28.7 Å². The van der Waals surface area contributed by atoms with E-state index in [1.165, 1.54) is 22.7 Å². The third-order valence-corrected chi connectivity index (χ3v) is 9.47. The molecule has 0 unspecified atom stereocenters. The van der Waals surface area contributed by atoms with E-state index in [9.17, 15) is 19.2 Å². The number of halogens is 1. The van der Waals surface area contributed by atoms with Crippen molar-refractivity contribution in [2.75, 3.05) is 30.0 Å². The number of carbonyl (C=O) groups excluding carboxylic acids is 4. The molecule has 0 radical (unpaired) electrons. The van der Waals surface area contributed by atoms with E-state index in [-0.39, 0.29) is 37.2 Å². The monoisotopic (exact) mass is 623 g/mol. The maximum absolute atomic E-state index is 12.8. The largest absolute Gasteiger partial charge is 0.465 e. The average molecular weight is 624 g/mol. The van der Waals surface area contributed by atoms with Crippen LogP contribution in [0.2, 0.25) is 5.02 Å². The van der Waals surface area contributed by atoms with Crippen LogP contribution in [0.3, 0.4) is 0 Å². The molecule has 1 N–H and O–H groups in total. The number of aromatic nitrogens is 1. The minimum Gasteiger partial charge on any atom is -0.465 e. The molecule has 1 aliphatic rings. The van der Waals surface area contributed by atoms with Gasteiger partial charge in [-0.05, 0) is 63.3 Å². The molecule has 13 heteroatoms. The molecule has 0 saturated heterocycles. The highest BCUT2D eigenvalue weighted by molar-refractivity contribution is 8.00. The normalized spacial score (nSPS) is 13.5. The van der Waals surface area contributed by atoms with E-state index in [0.717, 1.165) is 59.0 Å². The topological polar surface area (TPSA) is 116 Å². The zero-order chi connectivity index (χ0) is 28.6. The summed E-state index contributed by atoms with van der Waals surface area (Å²) in [5.41, 5.74) is 2.16. The number of nitrogens with one attached hydrogen (secondary N) is 1. The third-order valence-electron chi connectivity index (χ3n) is 6.07. The number of esters is 2. The van der Waals surface area contributed by atoms with Crippen LogP contribution in [-0.2, 0) is 43.2 Å². The van der Waals surface area contributed by atoms with Gasteiger partial charge in [-0.1, -0.05) is 29.4 Å². The molecular weight excluding hydrogens is 594 g/mol. The van der Waals surface area contributed by atoms with E-state index in [1.54, 1.807) is 36.6 Å². The van der Waals surface area contributed by atoms with Gasteiger partial charge in [-0.2, -0.15) is 4.99 Å². The summed E-state index contributed by atoms with van der Waals surface area (Å²) in [7, 11) is 0. The maximum atomic E-state index is 12.8. The van der Waals surface area contributed by atoms with Crippen molar-refractivity contribution in [3.05, 3.63) is 44.0 Å². The van der Waals surface area contributed by atoms with Gasteiger partial charge in [-0.25, -0.2) is 4.79 Å². The van der Waals surface area contributed by atoms with Gasteiger partial charge in [0.05, 0.1) is 40.5 Å². The molecule has 4 rings (SSSR count). The molecule has 0 bridgehead atoms. The van der Waals surface area contributed by atoms with Crippen molar-refractivity contribution in [3.63, 3.8) is 0 Å². The Morgan fingerprint density at radius 3 is 2.60 bits per heavy atom. The number of nitrogens with zero attached hydrogens (tertiary/aromatic N) is 2. The first kappa shape index (κ1) is 30.3. The Labute approximate surface area is 248 Å². The molecule has 1 aliphatic carbocycles. The smallest absolute Gasteiger partial charge is 0.341 e. The van der Waals surface area contributed by atoms with Crippen molar-refractivity contribution >= 4 is 85.0 Å². The maximum Gasteiger partial charge on any atom is 0.341 e. The first-order valence-electron chi connectivity index (χ1n) is 13.0. The van der Waals surface area contributed by atoms with E-state index in [1.807, 2.05) is 0 Å². The van der Waals surface area contributed by atoms with Crippen molar-refractivity contribution in [1.82, 2.24) is 4.57 Å². The zero-order valence-corrected chi connectivity index (χ0v) is 25.5. The summed E-state index contributed by atoms with van der Waals surface area (Å²) in [5, 5.41) is 3.91. The van der Waals surface area contributed by atoms with Crippen molar-refractivity contribution in [1.29, 1.82) is 0 Å². The second-order valence-corrected chi connectivity index (χ2v) is 12.5. The number of thioether (sulfide) groups is 1. The summed E-state index contributed by atoms with van der Waals surface area (Å²) in [4.78, 5) is 56.0. The average Bonchev–Trinajstić information content (AvgIpc) is 3.30.